The van der Waals surface area contributed by atoms with Crippen LogP contribution < -0.4 is 10.8 Å². The summed E-state index contributed by atoms with van der Waals surface area (Å²) in [6.45, 7) is 3.09. The quantitative estimate of drug-likeness (QED) is 0.569. The van der Waals surface area contributed by atoms with Gasteiger partial charge in [-0.2, -0.15) is 13.2 Å². The second-order valence-corrected chi connectivity index (χ2v) is 6.37. The summed E-state index contributed by atoms with van der Waals surface area (Å²) in [5.74, 6) is -6.08. The van der Waals surface area contributed by atoms with Crippen LogP contribution in [-0.4, -0.2) is 35.9 Å². The molecule has 1 saturated heterocycles. The second-order valence-electron chi connectivity index (χ2n) is 6.37. The van der Waals surface area contributed by atoms with Crippen molar-refractivity contribution >= 4 is 17.9 Å². The molecule has 0 aliphatic carbocycles. The third kappa shape index (κ3) is 7.65. The first-order valence-electron chi connectivity index (χ1n) is 7.92. The molecule has 2 rings (SSSR count). The molecule has 3 N–H and O–H groups in total. The average molecular weight is 391 g/mol. The third-order valence-electron chi connectivity index (χ3n) is 3.43. The molecule has 1 fully saturated rings. The number of carboxylic acids is 1. The molecule has 0 radical (unpaired) electrons. The van der Waals surface area contributed by atoms with Crippen molar-refractivity contribution in [2.75, 3.05) is 0 Å². The largest absolute Gasteiger partial charge is 0.542 e. The fourth-order valence-corrected chi connectivity index (χ4v) is 2.30. The number of benzene rings is 1. The minimum Gasteiger partial charge on any atom is -0.542 e. The van der Waals surface area contributed by atoms with E-state index in [0.717, 1.165) is 5.56 Å². The van der Waals surface area contributed by atoms with Crippen molar-refractivity contribution in [3.05, 3.63) is 35.9 Å². The van der Waals surface area contributed by atoms with Gasteiger partial charge in [-0.05, 0) is 5.56 Å². The highest BCUT2D eigenvalue weighted by Crippen LogP contribution is 2.25. The molecular weight excluding hydrogens is 371 g/mol. The topological polar surface area (TPSA) is 120 Å². The molecule has 0 unspecified atom stereocenters. The fourth-order valence-electron chi connectivity index (χ4n) is 2.30. The van der Waals surface area contributed by atoms with E-state index in [2.05, 4.69) is 5.73 Å². The van der Waals surface area contributed by atoms with Crippen molar-refractivity contribution in [1.82, 2.24) is 0 Å². The van der Waals surface area contributed by atoms with Gasteiger partial charge in [0.05, 0.1) is 6.04 Å². The summed E-state index contributed by atoms with van der Waals surface area (Å²) in [6.07, 6.45) is -4.15. The Kier molecular flexibility index (Phi) is 7.35. The van der Waals surface area contributed by atoms with Crippen LogP contribution in [0, 0.1) is 5.92 Å². The van der Waals surface area contributed by atoms with Gasteiger partial charge in [0.15, 0.2) is 5.92 Å². The maximum Gasteiger partial charge on any atom is 0.430 e. The Labute approximate surface area is 153 Å². The van der Waals surface area contributed by atoms with Gasteiger partial charge in [0.2, 0.25) is 0 Å². The van der Waals surface area contributed by atoms with Crippen molar-refractivity contribution in [2.24, 2.45) is 5.92 Å². The zero-order chi connectivity index (χ0) is 20.8. The standard InChI is InChI=1S/C15H19NO4.C2HF3O2/c1-15(2)19-13(17)12(14(18)20-15)9-11(16)8-10-6-4-3-5-7-10;3-2(4,5)1(6)7/h3-7,11-12H,8-9,16H2,1-2H3;(H,6,7)/t11-;/m0./s1. The molecule has 0 bridgehead atoms. The van der Waals surface area contributed by atoms with E-state index in [4.69, 9.17) is 19.4 Å². The Morgan fingerprint density at radius 1 is 1.19 bits per heavy atom. The van der Waals surface area contributed by atoms with E-state index >= 15 is 0 Å². The molecule has 1 atom stereocenters. The molecule has 1 aliphatic heterocycles. The van der Waals surface area contributed by atoms with Crippen LogP contribution in [-0.2, 0) is 30.3 Å². The Balaban J connectivity index is 0.000000445. The van der Waals surface area contributed by atoms with Crippen molar-refractivity contribution in [2.45, 2.75) is 44.7 Å². The number of hydrogen-bond acceptors (Lipinski definition) is 6. The number of ether oxygens (including phenoxy) is 2. The number of carbonyl (C=O) groups is 3. The lowest BCUT2D eigenvalue weighted by atomic mass is 9.95. The first-order valence-corrected chi connectivity index (χ1v) is 7.92. The summed E-state index contributed by atoms with van der Waals surface area (Å²) in [7, 11) is 0. The zero-order valence-electron chi connectivity index (χ0n) is 14.7. The summed E-state index contributed by atoms with van der Waals surface area (Å²) in [5, 5.41) is 8.78. The van der Waals surface area contributed by atoms with E-state index in [-0.39, 0.29) is 6.04 Å². The van der Waals surface area contributed by atoms with Crippen LogP contribution in [0.4, 0.5) is 13.2 Å². The number of carboxylic acid groups (broad SMARTS) is 1. The van der Waals surface area contributed by atoms with Crippen LogP contribution in [0.15, 0.2) is 30.3 Å². The van der Waals surface area contributed by atoms with E-state index in [9.17, 15) is 22.8 Å². The second kappa shape index (κ2) is 8.85. The Bertz CT molecular complexity index is 655. The van der Waals surface area contributed by atoms with Gasteiger partial charge >= 0.3 is 18.1 Å². The number of cyclic esters (lactones) is 2. The van der Waals surface area contributed by atoms with Crippen LogP contribution >= 0.6 is 0 Å². The van der Waals surface area contributed by atoms with Crippen LogP contribution in [0.25, 0.3) is 0 Å². The predicted molar refractivity (Wildman–Crippen MR) is 82.3 cm³/mol. The van der Waals surface area contributed by atoms with E-state index in [1.807, 2.05) is 30.3 Å². The van der Waals surface area contributed by atoms with E-state index in [0.29, 0.717) is 12.8 Å². The number of quaternary nitrogens is 1. The van der Waals surface area contributed by atoms with Crippen LogP contribution in [0.3, 0.4) is 0 Å². The molecule has 27 heavy (non-hydrogen) atoms. The van der Waals surface area contributed by atoms with E-state index in [1.165, 1.54) is 0 Å². The Morgan fingerprint density at radius 2 is 1.63 bits per heavy atom. The van der Waals surface area contributed by atoms with Crippen molar-refractivity contribution in [3.63, 3.8) is 0 Å². The van der Waals surface area contributed by atoms with Gasteiger partial charge in [0, 0.05) is 26.7 Å². The van der Waals surface area contributed by atoms with Gasteiger partial charge in [0.25, 0.3) is 5.79 Å². The number of rotatable bonds is 4. The highest BCUT2D eigenvalue weighted by atomic mass is 19.4. The van der Waals surface area contributed by atoms with Gasteiger partial charge in [-0.1, -0.05) is 30.3 Å². The lowest BCUT2D eigenvalue weighted by Gasteiger charge is -2.33. The van der Waals surface area contributed by atoms with Crippen LogP contribution in [0.2, 0.25) is 0 Å². The molecule has 10 heteroatoms. The van der Waals surface area contributed by atoms with Gasteiger partial charge in [-0.3, -0.25) is 9.59 Å². The predicted octanol–water partition coefficient (Wildman–Crippen LogP) is -0.0194. The normalized spacial score (nSPS) is 17.9. The van der Waals surface area contributed by atoms with Crippen LogP contribution in [0.5, 0.6) is 0 Å². The van der Waals surface area contributed by atoms with Crippen LogP contribution in [0.1, 0.15) is 25.8 Å². The first-order chi connectivity index (χ1) is 12.3. The molecular formula is C17H20F3NO6. The summed E-state index contributed by atoms with van der Waals surface area (Å²) in [6, 6.07) is 9.79. The Hall–Kier alpha value is -2.62. The molecule has 0 saturated carbocycles. The lowest BCUT2D eigenvalue weighted by Crippen LogP contribution is -2.64. The minimum atomic E-state index is -5.19. The molecule has 1 aliphatic rings. The molecule has 1 heterocycles. The lowest BCUT2D eigenvalue weighted by molar-refractivity contribution is -0.422. The number of hydrogen-bond donors (Lipinski definition) is 1. The number of aliphatic carboxylic acids is 1. The molecule has 0 spiro atoms. The van der Waals surface area contributed by atoms with Gasteiger partial charge < -0.3 is 25.1 Å². The third-order valence-corrected chi connectivity index (χ3v) is 3.43. The molecule has 150 valence electrons. The highest BCUT2D eigenvalue weighted by molar-refractivity contribution is 5.96. The Morgan fingerprint density at radius 3 is 2.04 bits per heavy atom. The number of esters is 2. The molecule has 0 amide bonds. The maximum atomic E-state index is 11.9. The average Bonchev–Trinajstić information content (AvgIpc) is 2.50. The fraction of sp³-hybridized carbons (Fsp3) is 0.471. The summed E-state index contributed by atoms with van der Waals surface area (Å²) >= 11 is 0. The van der Waals surface area contributed by atoms with Gasteiger partial charge in [-0.15, -0.1) is 0 Å². The summed E-state index contributed by atoms with van der Waals surface area (Å²) in [5.41, 5.74) is 5.15. The summed E-state index contributed by atoms with van der Waals surface area (Å²) < 4.78 is 41.7. The number of carbonyl (C=O) groups excluding carboxylic acids is 3. The molecule has 1 aromatic rings. The molecule has 0 aromatic heterocycles. The van der Waals surface area contributed by atoms with Crippen molar-refractivity contribution < 1.29 is 47.9 Å². The highest BCUT2D eigenvalue weighted by Gasteiger charge is 2.44. The summed E-state index contributed by atoms with van der Waals surface area (Å²) in [4.78, 5) is 32.5. The maximum absolute atomic E-state index is 11.9. The number of halogens is 3. The van der Waals surface area contributed by atoms with Crippen molar-refractivity contribution in [3.8, 4) is 0 Å². The number of alkyl halides is 3. The smallest absolute Gasteiger partial charge is 0.430 e. The monoisotopic (exact) mass is 391 g/mol. The van der Waals surface area contributed by atoms with E-state index < -0.39 is 35.8 Å². The van der Waals surface area contributed by atoms with Gasteiger partial charge in [0.1, 0.15) is 5.97 Å². The molecule has 1 aromatic carbocycles. The van der Waals surface area contributed by atoms with Gasteiger partial charge in [-0.25, -0.2) is 0 Å². The van der Waals surface area contributed by atoms with Crippen molar-refractivity contribution in [1.29, 1.82) is 0 Å². The van der Waals surface area contributed by atoms with E-state index in [1.54, 1.807) is 13.8 Å². The minimum absolute atomic E-state index is 0.0521. The molecule has 7 nitrogen and oxygen atoms in total. The zero-order valence-corrected chi connectivity index (χ0v) is 14.7. The first kappa shape index (κ1) is 22.4. The SMILES string of the molecule is CC1(C)OC(=O)C(C[C@@H]([NH3+])Cc2ccccc2)C(=O)O1.O=C([O-])C(F)(F)F.